The Morgan fingerprint density at radius 2 is 2.04 bits per heavy atom. The standard InChI is InChI=1S/C17H16ClN3O4/c1-11-3-5-15(7-12(11)2)25-10-17(22)20-19-9-13-8-14(21(23)24)4-6-16(13)18/h3-9H,10H2,1-2H3,(H,20,22)/b19-9-. The van der Waals surface area contributed by atoms with E-state index in [1.165, 1.54) is 24.4 Å². The number of ether oxygens (including phenoxy) is 1. The van der Waals surface area contributed by atoms with Crippen LogP contribution in [0.5, 0.6) is 5.75 Å². The lowest BCUT2D eigenvalue weighted by Gasteiger charge is -2.07. The molecule has 0 bridgehead atoms. The summed E-state index contributed by atoms with van der Waals surface area (Å²) in [6.07, 6.45) is 1.24. The molecule has 1 N–H and O–H groups in total. The Kier molecular flexibility index (Phi) is 6.08. The van der Waals surface area contributed by atoms with E-state index in [2.05, 4.69) is 10.5 Å². The van der Waals surface area contributed by atoms with Gasteiger partial charge in [0.1, 0.15) is 5.75 Å². The van der Waals surface area contributed by atoms with E-state index in [1.807, 2.05) is 26.0 Å². The summed E-state index contributed by atoms with van der Waals surface area (Å²) in [5.74, 6) is 0.125. The number of amides is 1. The van der Waals surface area contributed by atoms with E-state index in [0.717, 1.165) is 11.1 Å². The lowest BCUT2D eigenvalue weighted by molar-refractivity contribution is -0.384. The van der Waals surface area contributed by atoms with Crippen molar-refractivity contribution in [3.63, 3.8) is 0 Å². The van der Waals surface area contributed by atoms with Crippen LogP contribution < -0.4 is 10.2 Å². The van der Waals surface area contributed by atoms with Gasteiger partial charge in [-0.25, -0.2) is 5.43 Å². The Bertz CT molecular complexity index is 837. The van der Waals surface area contributed by atoms with Gasteiger partial charge in [-0.05, 0) is 43.2 Å². The smallest absolute Gasteiger partial charge is 0.277 e. The number of benzene rings is 2. The topological polar surface area (TPSA) is 93.8 Å². The lowest BCUT2D eigenvalue weighted by atomic mass is 10.1. The number of carbonyl (C=O) groups excluding carboxylic acids is 1. The van der Waals surface area contributed by atoms with Gasteiger partial charge in [-0.15, -0.1) is 0 Å². The Morgan fingerprint density at radius 3 is 2.72 bits per heavy atom. The van der Waals surface area contributed by atoms with E-state index in [-0.39, 0.29) is 17.3 Å². The number of hydrogen-bond acceptors (Lipinski definition) is 5. The van der Waals surface area contributed by atoms with Crippen LogP contribution >= 0.6 is 11.6 Å². The molecular weight excluding hydrogens is 346 g/mol. The highest BCUT2D eigenvalue weighted by molar-refractivity contribution is 6.33. The van der Waals surface area contributed by atoms with Gasteiger partial charge in [0.05, 0.1) is 11.1 Å². The highest BCUT2D eigenvalue weighted by Crippen LogP contribution is 2.20. The van der Waals surface area contributed by atoms with Crippen LogP contribution in [0.25, 0.3) is 0 Å². The Morgan fingerprint density at radius 1 is 1.28 bits per heavy atom. The van der Waals surface area contributed by atoms with E-state index < -0.39 is 10.8 Å². The molecule has 0 aliphatic heterocycles. The second-order valence-corrected chi connectivity index (χ2v) is 5.70. The van der Waals surface area contributed by atoms with E-state index in [4.69, 9.17) is 16.3 Å². The molecule has 0 atom stereocenters. The van der Waals surface area contributed by atoms with Crippen LogP contribution in [0.2, 0.25) is 5.02 Å². The summed E-state index contributed by atoms with van der Waals surface area (Å²) in [7, 11) is 0. The maximum Gasteiger partial charge on any atom is 0.277 e. The molecule has 0 radical (unpaired) electrons. The molecule has 0 aliphatic carbocycles. The van der Waals surface area contributed by atoms with Crippen molar-refractivity contribution in [2.75, 3.05) is 6.61 Å². The maximum atomic E-state index is 11.7. The maximum absolute atomic E-state index is 11.7. The molecule has 2 aromatic carbocycles. The number of nitro groups is 1. The van der Waals surface area contributed by atoms with Crippen molar-refractivity contribution in [1.82, 2.24) is 5.43 Å². The number of aryl methyl sites for hydroxylation is 2. The molecule has 0 aromatic heterocycles. The van der Waals surface area contributed by atoms with Gasteiger partial charge in [0.2, 0.25) is 0 Å². The van der Waals surface area contributed by atoms with Gasteiger partial charge in [0, 0.05) is 22.7 Å². The van der Waals surface area contributed by atoms with Gasteiger partial charge < -0.3 is 4.74 Å². The summed E-state index contributed by atoms with van der Waals surface area (Å²) in [4.78, 5) is 21.9. The Hall–Kier alpha value is -2.93. The molecular formula is C17H16ClN3O4. The minimum Gasteiger partial charge on any atom is -0.484 e. The molecule has 0 fully saturated rings. The second kappa shape index (κ2) is 8.25. The lowest BCUT2D eigenvalue weighted by Crippen LogP contribution is -2.24. The third-order valence-corrected chi connectivity index (χ3v) is 3.78. The number of hydrazone groups is 1. The van der Waals surface area contributed by atoms with Crippen LogP contribution in [0, 0.1) is 24.0 Å². The van der Waals surface area contributed by atoms with Gasteiger partial charge in [0.25, 0.3) is 11.6 Å². The quantitative estimate of drug-likeness (QED) is 0.484. The second-order valence-electron chi connectivity index (χ2n) is 5.29. The van der Waals surface area contributed by atoms with Crippen molar-refractivity contribution < 1.29 is 14.5 Å². The van der Waals surface area contributed by atoms with Gasteiger partial charge in [-0.1, -0.05) is 17.7 Å². The van der Waals surface area contributed by atoms with Gasteiger partial charge in [0.15, 0.2) is 6.61 Å². The molecule has 25 heavy (non-hydrogen) atoms. The fraction of sp³-hybridized carbons (Fsp3) is 0.176. The van der Waals surface area contributed by atoms with Gasteiger partial charge >= 0.3 is 0 Å². The first-order valence-corrected chi connectivity index (χ1v) is 7.70. The molecule has 0 saturated carbocycles. The predicted octanol–water partition coefficient (Wildman–Crippen LogP) is 3.39. The Balaban J connectivity index is 1.91. The zero-order valence-electron chi connectivity index (χ0n) is 13.7. The number of non-ortho nitro benzene ring substituents is 1. The summed E-state index contributed by atoms with van der Waals surface area (Å²) in [6.45, 7) is 3.73. The molecule has 0 saturated heterocycles. The fourth-order valence-corrected chi connectivity index (χ4v) is 2.07. The molecule has 0 aliphatic rings. The number of nitrogens with one attached hydrogen (secondary N) is 1. The molecule has 0 heterocycles. The van der Waals surface area contributed by atoms with E-state index in [1.54, 1.807) is 6.07 Å². The molecule has 0 spiro atoms. The normalized spacial score (nSPS) is 10.7. The highest BCUT2D eigenvalue weighted by atomic mass is 35.5. The van der Waals surface area contributed by atoms with Crippen molar-refractivity contribution in [2.45, 2.75) is 13.8 Å². The van der Waals surface area contributed by atoms with Crippen LogP contribution in [0.3, 0.4) is 0 Å². The highest BCUT2D eigenvalue weighted by Gasteiger charge is 2.08. The largest absolute Gasteiger partial charge is 0.484 e. The third kappa shape index (κ3) is 5.29. The van der Waals surface area contributed by atoms with Crippen molar-refractivity contribution in [3.8, 4) is 5.75 Å². The van der Waals surface area contributed by atoms with Crippen LogP contribution in [-0.4, -0.2) is 23.7 Å². The number of rotatable bonds is 6. The first-order valence-electron chi connectivity index (χ1n) is 7.32. The average Bonchev–Trinajstić information content (AvgIpc) is 2.57. The molecule has 1 amide bonds. The minimum atomic E-state index is -0.538. The van der Waals surface area contributed by atoms with Gasteiger partial charge in [-0.3, -0.25) is 14.9 Å². The molecule has 2 aromatic rings. The summed E-state index contributed by atoms with van der Waals surface area (Å²) in [6, 6.07) is 9.48. The van der Waals surface area contributed by atoms with E-state index in [9.17, 15) is 14.9 Å². The number of halogens is 1. The third-order valence-electron chi connectivity index (χ3n) is 3.43. The summed E-state index contributed by atoms with van der Waals surface area (Å²) < 4.78 is 5.38. The van der Waals surface area contributed by atoms with Crippen LogP contribution in [0.15, 0.2) is 41.5 Å². The summed E-state index contributed by atoms with van der Waals surface area (Å²) >= 11 is 5.93. The fourth-order valence-electron chi connectivity index (χ4n) is 1.90. The Labute approximate surface area is 149 Å². The first-order chi connectivity index (χ1) is 11.9. The van der Waals surface area contributed by atoms with Crippen molar-refractivity contribution in [2.24, 2.45) is 5.10 Å². The SMILES string of the molecule is Cc1ccc(OCC(=O)N/N=C\c2cc([N+](=O)[O-])ccc2Cl)cc1C. The molecule has 8 heteroatoms. The number of carbonyl (C=O) groups is 1. The monoisotopic (exact) mass is 361 g/mol. The average molecular weight is 362 g/mol. The van der Waals surface area contributed by atoms with Crippen LogP contribution in [0.4, 0.5) is 5.69 Å². The molecule has 130 valence electrons. The molecule has 0 unspecified atom stereocenters. The predicted molar refractivity (Wildman–Crippen MR) is 95.3 cm³/mol. The van der Waals surface area contributed by atoms with Crippen molar-refractivity contribution >= 4 is 29.4 Å². The van der Waals surface area contributed by atoms with Crippen molar-refractivity contribution in [3.05, 3.63) is 68.2 Å². The summed E-state index contributed by atoms with van der Waals surface area (Å²) in [5, 5.41) is 14.8. The first kappa shape index (κ1) is 18.4. The zero-order valence-corrected chi connectivity index (χ0v) is 14.4. The number of hydrogen-bond donors (Lipinski definition) is 1. The van der Waals surface area contributed by atoms with E-state index in [0.29, 0.717) is 11.3 Å². The number of nitrogens with zero attached hydrogens (tertiary/aromatic N) is 2. The van der Waals surface area contributed by atoms with Gasteiger partial charge in [-0.2, -0.15) is 5.10 Å². The molecule has 2 rings (SSSR count). The van der Waals surface area contributed by atoms with E-state index >= 15 is 0 Å². The van der Waals surface area contributed by atoms with Crippen molar-refractivity contribution in [1.29, 1.82) is 0 Å². The van der Waals surface area contributed by atoms with Crippen LogP contribution in [-0.2, 0) is 4.79 Å². The molecule has 7 nitrogen and oxygen atoms in total. The number of nitro benzene ring substituents is 1. The summed E-state index contributed by atoms with van der Waals surface area (Å²) in [5.41, 5.74) is 4.69. The zero-order chi connectivity index (χ0) is 18.4. The minimum absolute atomic E-state index is 0.116. The van der Waals surface area contributed by atoms with Crippen LogP contribution in [0.1, 0.15) is 16.7 Å².